The molecule has 2 fully saturated rings. The number of nitrogens with zero attached hydrogens (tertiary/aromatic N) is 1. The minimum atomic E-state index is 0.519. The van der Waals surface area contributed by atoms with E-state index < -0.39 is 0 Å². The van der Waals surface area contributed by atoms with E-state index in [1.807, 2.05) is 0 Å². The third kappa shape index (κ3) is 1.09. The first-order valence-corrected chi connectivity index (χ1v) is 4.68. The number of nitrogens with one attached hydrogen (secondary N) is 1. The van der Waals surface area contributed by atoms with E-state index in [-0.39, 0.29) is 0 Å². The maximum absolute atomic E-state index is 3.48. The Morgan fingerprint density at radius 2 is 2.18 bits per heavy atom. The average molecular weight is 154 g/mol. The van der Waals surface area contributed by atoms with Crippen molar-refractivity contribution in [3.63, 3.8) is 0 Å². The first kappa shape index (κ1) is 7.56. The van der Waals surface area contributed by atoms with Crippen molar-refractivity contribution in [3.05, 3.63) is 0 Å². The van der Waals surface area contributed by atoms with Crippen LogP contribution in [0.15, 0.2) is 0 Å². The van der Waals surface area contributed by atoms with Gasteiger partial charge in [-0.2, -0.15) is 0 Å². The van der Waals surface area contributed by atoms with Gasteiger partial charge in [-0.25, -0.2) is 0 Å². The van der Waals surface area contributed by atoms with Crippen LogP contribution in [-0.4, -0.2) is 37.1 Å². The van der Waals surface area contributed by atoms with Crippen molar-refractivity contribution < 1.29 is 0 Å². The van der Waals surface area contributed by atoms with Crippen LogP contribution in [0.4, 0.5) is 0 Å². The van der Waals surface area contributed by atoms with Crippen LogP contribution < -0.4 is 5.32 Å². The summed E-state index contributed by atoms with van der Waals surface area (Å²) in [5.74, 6) is 0. The standard InChI is InChI=1S/C9H18N2/c1-10-9(5-6-9)8-4-3-7-11(8)2/h8,10H,3-7H2,1-2H3. The van der Waals surface area contributed by atoms with Gasteiger partial charge in [-0.1, -0.05) is 0 Å². The van der Waals surface area contributed by atoms with Gasteiger partial charge >= 0.3 is 0 Å². The largest absolute Gasteiger partial charge is 0.313 e. The Kier molecular flexibility index (Phi) is 1.69. The van der Waals surface area contributed by atoms with E-state index >= 15 is 0 Å². The highest BCUT2D eigenvalue weighted by Crippen LogP contribution is 2.43. The monoisotopic (exact) mass is 154 g/mol. The Bertz CT molecular complexity index is 152. The van der Waals surface area contributed by atoms with E-state index in [4.69, 9.17) is 0 Å². The zero-order valence-corrected chi connectivity index (χ0v) is 7.56. The van der Waals surface area contributed by atoms with Crippen LogP contribution in [0.5, 0.6) is 0 Å². The molecular formula is C9H18N2. The van der Waals surface area contributed by atoms with Crippen molar-refractivity contribution in [1.82, 2.24) is 10.2 Å². The van der Waals surface area contributed by atoms with Crippen LogP contribution >= 0.6 is 0 Å². The second-order valence-electron chi connectivity index (χ2n) is 4.04. The molecule has 1 aliphatic carbocycles. The quantitative estimate of drug-likeness (QED) is 0.634. The third-order valence-electron chi connectivity index (χ3n) is 3.44. The maximum atomic E-state index is 3.48. The lowest BCUT2D eigenvalue weighted by Crippen LogP contribution is -2.46. The third-order valence-corrected chi connectivity index (χ3v) is 3.44. The molecule has 2 heteroatoms. The molecule has 2 nitrogen and oxygen atoms in total. The molecule has 0 bridgehead atoms. The van der Waals surface area contributed by atoms with Crippen LogP contribution in [-0.2, 0) is 0 Å². The zero-order valence-electron chi connectivity index (χ0n) is 7.56. The number of likely N-dealkylation sites (tertiary alicyclic amines) is 1. The molecule has 0 amide bonds. The fraction of sp³-hybridized carbons (Fsp3) is 1.00. The van der Waals surface area contributed by atoms with Crippen molar-refractivity contribution in [2.45, 2.75) is 37.3 Å². The van der Waals surface area contributed by atoms with Crippen molar-refractivity contribution in [2.75, 3.05) is 20.6 Å². The summed E-state index contributed by atoms with van der Waals surface area (Å²) in [5.41, 5.74) is 0.519. The van der Waals surface area contributed by atoms with Gasteiger partial charge in [0.1, 0.15) is 0 Å². The van der Waals surface area contributed by atoms with Gasteiger partial charge in [0, 0.05) is 11.6 Å². The molecule has 1 aliphatic heterocycles. The van der Waals surface area contributed by atoms with Crippen LogP contribution in [0.1, 0.15) is 25.7 Å². The van der Waals surface area contributed by atoms with E-state index in [1.165, 1.54) is 32.2 Å². The lowest BCUT2D eigenvalue weighted by molar-refractivity contribution is 0.238. The SMILES string of the molecule is CNC1(C2CCCN2C)CC1. The molecule has 2 rings (SSSR count). The number of hydrogen-bond acceptors (Lipinski definition) is 2. The van der Waals surface area contributed by atoms with Gasteiger partial charge in [-0.05, 0) is 46.3 Å². The Morgan fingerprint density at radius 3 is 2.55 bits per heavy atom. The van der Waals surface area contributed by atoms with Gasteiger partial charge < -0.3 is 10.2 Å². The second kappa shape index (κ2) is 2.46. The molecule has 1 unspecified atom stereocenters. The number of likely N-dealkylation sites (N-methyl/N-ethyl adjacent to an activating group) is 2. The predicted octanol–water partition coefficient (Wildman–Crippen LogP) is 0.833. The lowest BCUT2D eigenvalue weighted by atomic mass is 10.0. The molecule has 1 heterocycles. The molecule has 0 radical (unpaired) electrons. The lowest BCUT2D eigenvalue weighted by Gasteiger charge is -2.28. The van der Waals surface area contributed by atoms with Gasteiger partial charge in [0.05, 0.1) is 0 Å². The van der Waals surface area contributed by atoms with Gasteiger partial charge in [0.2, 0.25) is 0 Å². The first-order valence-electron chi connectivity index (χ1n) is 4.68. The average Bonchev–Trinajstić information content (AvgIpc) is 2.70. The maximum Gasteiger partial charge on any atom is 0.0336 e. The molecule has 1 saturated heterocycles. The van der Waals surface area contributed by atoms with Crippen LogP contribution in [0.2, 0.25) is 0 Å². The van der Waals surface area contributed by atoms with E-state index in [0.29, 0.717) is 5.54 Å². The predicted molar refractivity (Wildman–Crippen MR) is 46.7 cm³/mol. The molecule has 1 atom stereocenters. The highest BCUT2D eigenvalue weighted by Gasteiger charge is 2.50. The molecule has 0 aromatic carbocycles. The summed E-state index contributed by atoms with van der Waals surface area (Å²) in [4.78, 5) is 2.52. The van der Waals surface area contributed by atoms with Crippen LogP contribution in [0.25, 0.3) is 0 Å². The Hall–Kier alpha value is -0.0800. The minimum Gasteiger partial charge on any atom is -0.313 e. The molecule has 64 valence electrons. The van der Waals surface area contributed by atoms with Crippen LogP contribution in [0, 0.1) is 0 Å². The van der Waals surface area contributed by atoms with Crippen molar-refractivity contribution in [2.24, 2.45) is 0 Å². The van der Waals surface area contributed by atoms with Crippen molar-refractivity contribution in [3.8, 4) is 0 Å². The van der Waals surface area contributed by atoms with Gasteiger partial charge in [-0.3, -0.25) is 0 Å². The molecule has 2 aliphatic rings. The van der Waals surface area contributed by atoms with Gasteiger partial charge in [-0.15, -0.1) is 0 Å². The Morgan fingerprint density at radius 1 is 1.45 bits per heavy atom. The molecule has 1 saturated carbocycles. The molecule has 0 aromatic heterocycles. The van der Waals surface area contributed by atoms with Crippen LogP contribution in [0.3, 0.4) is 0 Å². The summed E-state index contributed by atoms with van der Waals surface area (Å²) in [7, 11) is 4.37. The highest BCUT2D eigenvalue weighted by molar-refractivity contribution is 5.11. The Labute approximate surface area is 69.0 Å². The summed E-state index contributed by atoms with van der Waals surface area (Å²) >= 11 is 0. The second-order valence-corrected chi connectivity index (χ2v) is 4.04. The van der Waals surface area contributed by atoms with Crippen molar-refractivity contribution in [1.29, 1.82) is 0 Å². The molecule has 1 N–H and O–H groups in total. The fourth-order valence-electron chi connectivity index (χ4n) is 2.49. The molecular weight excluding hydrogens is 136 g/mol. The van der Waals surface area contributed by atoms with E-state index in [2.05, 4.69) is 24.3 Å². The summed E-state index contributed by atoms with van der Waals surface area (Å²) < 4.78 is 0. The summed E-state index contributed by atoms with van der Waals surface area (Å²) in [6, 6.07) is 0.826. The van der Waals surface area contributed by atoms with E-state index in [9.17, 15) is 0 Å². The normalized spacial score (nSPS) is 36.0. The van der Waals surface area contributed by atoms with E-state index in [1.54, 1.807) is 0 Å². The smallest absolute Gasteiger partial charge is 0.0336 e. The first-order chi connectivity index (χ1) is 5.28. The summed E-state index contributed by atoms with van der Waals surface area (Å²) in [6.07, 6.45) is 5.57. The zero-order chi connectivity index (χ0) is 7.90. The molecule has 0 aromatic rings. The number of hydrogen-bond donors (Lipinski definition) is 1. The molecule has 0 spiro atoms. The fourth-order valence-corrected chi connectivity index (χ4v) is 2.49. The topological polar surface area (TPSA) is 15.3 Å². The van der Waals surface area contributed by atoms with Gasteiger partial charge in [0.25, 0.3) is 0 Å². The molecule has 11 heavy (non-hydrogen) atoms. The highest BCUT2D eigenvalue weighted by atomic mass is 15.2. The van der Waals surface area contributed by atoms with Crippen molar-refractivity contribution >= 4 is 0 Å². The number of rotatable bonds is 2. The summed E-state index contributed by atoms with van der Waals surface area (Å²) in [5, 5.41) is 3.48. The van der Waals surface area contributed by atoms with E-state index in [0.717, 1.165) is 6.04 Å². The Balaban J connectivity index is 2.03. The minimum absolute atomic E-state index is 0.519. The van der Waals surface area contributed by atoms with Gasteiger partial charge in [0.15, 0.2) is 0 Å². The summed E-state index contributed by atoms with van der Waals surface area (Å²) in [6.45, 7) is 1.30.